The Hall–Kier alpha value is -2.98. The first-order chi connectivity index (χ1) is 20.2. The standard InChI is InChI=1S/C31H23Cl3FNO6.Na/c32-20-6-9-27(25(33)15-20)42-36(12-10-18-2-1-3-21(35)14-18)30(37)19-4-7-22(8-5-19)41-29-17-28-24(16-26(29)34)23(31(38)39)11-13-40-28;/h1-9,14-17,23H,10-13H2,(H,38,39);/q;+1/p-1. The smallest absolute Gasteiger partial charge is 0.549 e. The van der Waals surface area contributed by atoms with Gasteiger partial charge >= 0.3 is 29.6 Å². The predicted molar refractivity (Wildman–Crippen MR) is 154 cm³/mol. The normalized spacial score (nSPS) is 13.6. The number of hydroxylamine groups is 2. The van der Waals surface area contributed by atoms with E-state index in [1.54, 1.807) is 48.5 Å². The number of benzene rings is 4. The molecule has 0 saturated carbocycles. The molecule has 1 heterocycles. The van der Waals surface area contributed by atoms with Crippen molar-refractivity contribution >= 4 is 46.7 Å². The maximum atomic E-state index is 13.7. The van der Waals surface area contributed by atoms with Crippen LogP contribution in [0, 0.1) is 5.82 Å². The molecule has 43 heavy (non-hydrogen) atoms. The van der Waals surface area contributed by atoms with Gasteiger partial charge in [-0.3, -0.25) is 4.79 Å². The number of amides is 1. The molecule has 4 aromatic carbocycles. The maximum Gasteiger partial charge on any atom is 1.00 e. The third kappa shape index (κ3) is 8.15. The molecule has 1 aliphatic rings. The summed E-state index contributed by atoms with van der Waals surface area (Å²) in [5.41, 5.74) is 1.39. The molecule has 0 N–H and O–H groups in total. The van der Waals surface area contributed by atoms with Gasteiger partial charge in [0.15, 0.2) is 5.75 Å². The molecule has 1 unspecified atom stereocenters. The van der Waals surface area contributed by atoms with Crippen LogP contribution in [-0.4, -0.2) is 30.1 Å². The van der Waals surface area contributed by atoms with E-state index in [9.17, 15) is 19.1 Å². The number of ether oxygens (including phenoxy) is 2. The minimum absolute atomic E-state index is 0. The molecule has 5 rings (SSSR count). The van der Waals surface area contributed by atoms with Crippen LogP contribution in [0.3, 0.4) is 0 Å². The van der Waals surface area contributed by atoms with E-state index >= 15 is 0 Å². The van der Waals surface area contributed by atoms with Crippen molar-refractivity contribution in [3.63, 3.8) is 0 Å². The first-order valence-corrected chi connectivity index (χ1v) is 14.0. The molecule has 0 spiro atoms. The molecular formula is C31H22Cl3FNNaO6. The fourth-order valence-corrected chi connectivity index (χ4v) is 5.08. The number of halogens is 4. The summed E-state index contributed by atoms with van der Waals surface area (Å²) in [5, 5.41) is 13.4. The minimum atomic E-state index is -1.20. The number of hydrogen-bond donors (Lipinski definition) is 0. The van der Waals surface area contributed by atoms with E-state index in [-0.39, 0.29) is 82.1 Å². The Bertz CT molecular complexity index is 1640. The molecule has 0 saturated heterocycles. The van der Waals surface area contributed by atoms with E-state index in [1.165, 1.54) is 30.3 Å². The largest absolute Gasteiger partial charge is 1.00 e. The number of carboxylic acids is 1. The Morgan fingerprint density at radius 3 is 2.40 bits per heavy atom. The second-order valence-corrected chi connectivity index (χ2v) is 10.7. The fraction of sp³-hybridized carbons (Fsp3) is 0.161. The number of carbonyl (C=O) groups is 2. The molecular weight excluding hydrogens is 631 g/mol. The van der Waals surface area contributed by atoms with Gasteiger partial charge in [0, 0.05) is 34.1 Å². The summed E-state index contributed by atoms with van der Waals surface area (Å²) in [6.45, 7) is 0.319. The van der Waals surface area contributed by atoms with Crippen LogP contribution in [0.5, 0.6) is 23.0 Å². The van der Waals surface area contributed by atoms with Crippen LogP contribution in [0.25, 0.3) is 0 Å². The van der Waals surface area contributed by atoms with Crippen molar-refractivity contribution in [2.45, 2.75) is 18.8 Å². The van der Waals surface area contributed by atoms with Gasteiger partial charge in [0.05, 0.1) is 23.2 Å². The van der Waals surface area contributed by atoms with Gasteiger partial charge in [-0.2, -0.15) is 5.06 Å². The summed E-state index contributed by atoms with van der Waals surface area (Å²) >= 11 is 18.7. The van der Waals surface area contributed by atoms with Crippen molar-refractivity contribution in [2.24, 2.45) is 0 Å². The monoisotopic (exact) mass is 651 g/mol. The topological polar surface area (TPSA) is 88.1 Å². The van der Waals surface area contributed by atoms with E-state index in [0.717, 1.165) is 5.06 Å². The second kappa shape index (κ2) is 14.7. The second-order valence-electron chi connectivity index (χ2n) is 9.41. The molecule has 1 amide bonds. The molecule has 0 aliphatic carbocycles. The van der Waals surface area contributed by atoms with E-state index in [2.05, 4.69) is 0 Å². The number of fused-ring (bicyclic) bond motifs is 1. The van der Waals surface area contributed by atoms with Gasteiger partial charge in [-0.05, 0) is 79.1 Å². The Labute approximate surface area is 284 Å². The average molecular weight is 653 g/mol. The van der Waals surface area contributed by atoms with Crippen molar-refractivity contribution in [3.8, 4) is 23.0 Å². The van der Waals surface area contributed by atoms with Crippen molar-refractivity contribution in [1.82, 2.24) is 5.06 Å². The van der Waals surface area contributed by atoms with Crippen molar-refractivity contribution in [3.05, 3.63) is 116 Å². The number of nitrogens with zero attached hydrogens (tertiary/aromatic N) is 1. The summed E-state index contributed by atoms with van der Waals surface area (Å²) in [7, 11) is 0. The number of hydrogen-bond acceptors (Lipinski definition) is 6. The molecule has 0 aromatic heterocycles. The summed E-state index contributed by atoms with van der Waals surface area (Å²) in [5.74, 6) is -1.67. The van der Waals surface area contributed by atoms with Crippen LogP contribution in [0.1, 0.15) is 33.8 Å². The first-order valence-electron chi connectivity index (χ1n) is 12.8. The quantitative estimate of drug-likeness (QED) is 0.202. The summed E-state index contributed by atoms with van der Waals surface area (Å²) < 4.78 is 25.2. The van der Waals surface area contributed by atoms with Crippen LogP contribution < -0.4 is 49.0 Å². The van der Waals surface area contributed by atoms with Crippen LogP contribution in [-0.2, 0) is 11.2 Å². The van der Waals surface area contributed by atoms with Crippen molar-refractivity contribution < 1.29 is 63.0 Å². The van der Waals surface area contributed by atoms with E-state index in [0.29, 0.717) is 34.1 Å². The Morgan fingerprint density at radius 2 is 1.70 bits per heavy atom. The number of rotatable bonds is 9. The molecule has 1 atom stereocenters. The first kappa shape index (κ1) is 32.9. The van der Waals surface area contributed by atoms with E-state index in [4.69, 9.17) is 49.1 Å². The fourth-order valence-electron chi connectivity index (χ4n) is 4.43. The molecule has 216 valence electrons. The van der Waals surface area contributed by atoms with Gasteiger partial charge in [-0.15, -0.1) is 0 Å². The van der Waals surface area contributed by atoms with Gasteiger partial charge in [0.25, 0.3) is 5.91 Å². The van der Waals surface area contributed by atoms with Crippen LogP contribution >= 0.6 is 34.8 Å². The SMILES string of the molecule is O=C([O-])C1CCOc2cc(Oc3ccc(C(=O)N(CCc4cccc(F)c4)Oc4ccc(Cl)cc4Cl)cc3)c(Cl)cc21.[Na+]. The van der Waals surface area contributed by atoms with Gasteiger partial charge in [-0.1, -0.05) is 46.9 Å². The van der Waals surface area contributed by atoms with Gasteiger partial charge in [-0.25, -0.2) is 4.39 Å². The Kier molecular flexibility index (Phi) is 11.2. The number of aliphatic carboxylic acids is 1. The van der Waals surface area contributed by atoms with Crippen LogP contribution in [0.2, 0.25) is 15.1 Å². The van der Waals surface area contributed by atoms with E-state index in [1.807, 2.05) is 0 Å². The minimum Gasteiger partial charge on any atom is -0.549 e. The van der Waals surface area contributed by atoms with Gasteiger partial charge in [0.1, 0.15) is 23.1 Å². The molecule has 0 fully saturated rings. The zero-order chi connectivity index (χ0) is 29.8. The van der Waals surface area contributed by atoms with Crippen LogP contribution in [0.4, 0.5) is 4.39 Å². The maximum absolute atomic E-state index is 13.7. The average Bonchev–Trinajstić information content (AvgIpc) is 2.96. The summed E-state index contributed by atoms with van der Waals surface area (Å²) in [6, 6.07) is 20.0. The van der Waals surface area contributed by atoms with Gasteiger partial charge in [0.2, 0.25) is 0 Å². The molecule has 7 nitrogen and oxygen atoms in total. The third-order valence-corrected chi connectivity index (χ3v) is 7.36. The van der Waals surface area contributed by atoms with E-state index < -0.39 is 17.8 Å². The summed E-state index contributed by atoms with van der Waals surface area (Å²) in [6.07, 6.45) is 0.599. The zero-order valence-electron chi connectivity index (χ0n) is 22.8. The zero-order valence-corrected chi connectivity index (χ0v) is 27.1. The summed E-state index contributed by atoms with van der Waals surface area (Å²) in [4.78, 5) is 30.9. The molecule has 0 bridgehead atoms. The Morgan fingerprint density at radius 1 is 0.953 bits per heavy atom. The van der Waals surface area contributed by atoms with Crippen molar-refractivity contribution in [1.29, 1.82) is 0 Å². The van der Waals surface area contributed by atoms with Crippen LogP contribution in [0.15, 0.2) is 78.9 Å². The number of carboxylic acid groups (broad SMARTS) is 1. The number of carbonyl (C=O) groups excluding carboxylic acids is 2. The predicted octanol–water partition coefficient (Wildman–Crippen LogP) is 3.88. The molecule has 0 radical (unpaired) electrons. The van der Waals surface area contributed by atoms with Crippen molar-refractivity contribution in [2.75, 3.05) is 13.2 Å². The van der Waals surface area contributed by atoms with Gasteiger partial charge < -0.3 is 24.2 Å². The molecule has 1 aliphatic heterocycles. The molecule has 12 heteroatoms. The third-order valence-electron chi connectivity index (χ3n) is 6.54. The Balaban J connectivity index is 0.00000423. The molecule has 4 aromatic rings.